The summed E-state index contributed by atoms with van der Waals surface area (Å²) >= 11 is 0. The van der Waals surface area contributed by atoms with Crippen molar-refractivity contribution in [1.29, 1.82) is 0 Å². The largest absolute Gasteiger partial charge is 0.312 e. The van der Waals surface area contributed by atoms with Crippen molar-refractivity contribution in [2.75, 3.05) is 31.1 Å². The summed E-state index contributed by atoms with van der Waals surface area (Å²) in [6.07, 6.45) is 4.53. The van der Waals surface area contributed by atoms with Crippen LogP contribution in [0.3, 0.4) is 0 Å². The Bertz CT molecular complexity index is 379. The van der Waals surface area contributed by atoms with E-state index in [0.717, 1.165) is 31.8 Å². The van der Waals surface area contributed by atoms with Gasteiger partial charge in [0.2, 0.25) is 0 Å². The summed E-state index contributed by atoms with van der Waals surface area (Å²) < 4.78 is 23.7. The van der Waals surface area contributed by atoms with Crippen molar-refractivity contribution in [3.8, 4) is 0 Å². The molecule has 1 heterocycles. The summed E-state index contributed by atoms with van der Waals surface area (Å²) in [5.41, 5.74) is 0. The molecule has 2 unspecified atom stereocenters. The number of hydrogen-bond acceptors (Lipinski definition) is 4. The lowest BCUT2D eigenvalue weighted by molar-refractivity contribution is 0.210. The molecule has 1 aliphatic carbocycles. The van der Waals surface area contributed by atoms with Crippen molar-refractivity contribution in [3.63, 3.8) is 0 Å². The van der Waals surface area contributed by atoms with Gasteiger partial charge in [-0.2, -0.15) is 0 Å². The topological polar surface area (TPSA) is 49.4 Å². The van der Waals surface area contributed by atoms with Crippen LogP contribution in [0, 0.1) is 5.92 Å². The molecule has 0 bridgehead atoms. The molecule has 2 fully saturated rings. The summed E-state index contributed by atoms with van der Waals surface area (Å²) in [7, 11) is -2.85. The Hall–Kier alpha value is -0.130. The first-order chi connectivity index (χ1) is 9.02. The third-order valence-corrected chi connectivity index (χ3v) is 6.25. The van der Waals surface area contributed by atoms with Gasteiger partial charge in [0, 0.05) is 30.9 Å². The molecule has 2 atom stereocenters. The minimum absolute atomic E-state index is 0.322. The molecule has 4 nitrogen and oxygen atoms in total. The lowest BCUT2D eigenvalue weighted by Gasteiger charge is -2.29. The smallest absolute Gasteiger partial charge is 0.151 e. The summed E-state index contributed by atoms with van der Waals surface area (Å²) in [6, 6.07) is 1.08. The summed E-state index contributed by atoms with van der Waals surface area (Å²) in [5, 5.41) is 3.64. The van der Waals surface area contributed by atoms with Crippen LogP contribution in [0.2, 0.25) is 0 Å². The van der Waals surface area contributed by atoms with Crippen molar-refractivity contribution in [3.05, 3.63) is 0 Å². The third kappa shape index (κ3) is 4.72. The van der Waals surface area contributed by atoms with Crippen molar-refractivity contribution in [2.24, 2.45) is 5.92 Å². The molecule has 112 valence electrons. The van der Waals surface area contributed by atoms with Crippen molar-refractivity contribution >= 4 is 9.84 Å². The van der Waals surface area contributed by atoms with Gasteiger partial charge < -0.3 is 5.32 Å². The van der Waals surface area contributed by atoms with Crippen LogP contribution in [-0.2, 0) is 9.84 Å². The zero-order chi connectivity index (χ0) is 13.9. The highest BCUT2D eigenvalue weighted by Crippen LogP contribution is 2.34. The van der Waals surface area contributed by atoms with E-state index in [-0.39, 0.29) is 0 Å². The first-order valence-corrected chi connectivity index (χ1v) is 9.52. The summed E-state index contributed by atoms with van der Waals surface area (Å²) in [4.78, 5) is 2.39. The Morgan fingerprint density at radius 3 is 2.58 bits per heavy atom. The van der Waals surface area contributed by atoms with E-state index in [1.165, 1.54) is 12.8 Å². The molecule has 2 aliphatic rings. The van der Waals surface area contributed by atoms with Gasteiger partial charge in [0.05, 0.1) is 5.75 Å². The molecule has 1 aliphatic heterocycles. The van der Waals surface area contributed by atoms with E-state index in [2.05, 4.69) is 17.1 Å². The Balaban J connectivity index is 1.88. The van der Waals surface area contributed by atoms with Crippen molar-refractivity contribution in [1.82, 2.24) is 10.2 Å². The maximum absolute atomic E-state index is 11.9. The normalized spacial score (nSPS) is 30.2. The fraction of sp³-hybridized carbons (Fsp3) is 1.00. The van der Waals surface area contributed by atoms with E-state index in [1.54, 1.807) is 0 Å². The van der Waals surface area contributed by atoms with Crippen LogP contribution in [0.15, 0.2) is 0 Å². The second kappa shape index (κ2) is 6.55. The fourth-order valence-electron chi connectivity index (χ4n) is 2.95. The van der Waals surface area contributed by atoms with Crippen molar-refractivity contribution in [2.45, 2.75) is 51.6 Å². The molecular formula is C14H28N2O2S. The molecule has 1 N–H and O–H groups in total. The van der Waals surface area contributed by atoms with Gasteiger partial charge in [0.25, 0.3) is 0 Å². The number of nitrogens with one attached hydrogen (secondary N) is 1. The fourth-order valence-corrected chi connectivity index (χ4v) is 4.29. The van der Waals surface area contributed by atoms with Gasteiger partial charge in [-0.1, -0.05) is 6.92 Å². The van der Waals surface area contributed by atoms with Crippen LogP contribution in [0.4, 0.5) is 0 Å². The Kier molecular flexibility index (Phi) is 5.26. The second-order valence-electron chi connectivity index (χ2n) is 6.18. The quantitative estimate of drug-likeness (QED) is 0.800. The first-order valence-electron chi connectivity index (χ1n) is 7.69. The summed E-state index contributed by atoms with van der Waals surface area (Å²) in [5.74, 6) is 1.49. The highest BCUT2D eigenvalue weighted by atomic mass is 32.2. The SMILES string of the molecule is CCCS(=O)(=O)CCN1CC(C2CC2)NCCC1C. The molecule has 0 aromatic carbocycles. The molecule has 19 heavy (non-hydrogen) atoms. The molecule has 1 saturated heterocycles. The lowest BCUT2D eigenvalue weighted by Crippen LogP contribution is -2.43. The zero-order valence-corrected chi connectivity index (χ0v) is 13.1. The van der Waals surface area contributed by atoms with Gasteiger partial charge >= 0.3 is 0 Å². The first kappa shape index (κ1) is 15.3. The molecule has 5 heteroatoms. The molecule has 0 radical (unpaired) electrons. The summed E-state index contributed by atoms with van der Waals surface area (Å²) in [6.45, 7) is 6.95. The highest BCUT2D eigenvalue weighted by Gasteiger charge is 2.34. The standard InChI is InChI=1S/C14H28N2O2S/c1-3-9-19(17,18)10-8-16-11-14(13-4-5-13)15-7-6-12(16)2/h12-15H,3-11H2,1-2H3. The average molecular weight is 288 g/mol. The Morgan fingerprint density at radius 2 is 1.95 bits per heavy atom. The average Bonchev–Trinajstić information content (AvgIpc) is 3.14. The number of nitrogens with zero attached hydrogens (tertiary/aromatic N) is 1. The maximum Gasteiger partial charge on any atom is 0.151 e. The molecule has 0 aromatic heterocycles. The van der Waals surface area contributed by atoms with Crippen LogP contribution >= 0.6 is 0 Å². The number of rotatable bonds is 6. The van der Waals surface area contributed by atoms with E-state index in [4.69, 9.17) is 0 Å². The minimum atomic E-state index is -2.85. The molecule has 2 rings (SSSR count). The Labute approximate surface area is 117 Å². The van der Waals surface area contributed by atoms with E-state index >= 15 is 0 Å². The second-order valence-corrected chi connectivity index (χ2v) is 8.49. The lowest BCUT2D eigenvalue weighted by atomic mass is 10.1. The molecule has 0 amide bonds. The predicted molar refractivity (Wildman–Crippen MR) is 79.1 cm³/mol. The third-order valence-electron chi connectivity index (χ3n) is 4.42. The van der Waals surface area contributed by atoms with Crippen LogP contribution in [0.1, 0.15) is 39.5 Å². The van der Waals surface area contributed by atoms with Crippen LogP contribution < -0.4 is 5.32 Å². The van der Waals surface area contributed by atoms with Gasteiger partial charge in [-0.25, -0.2) is 8.42 Å². The van der Waals surface area contributed by atoms with Gasteiger partial charge in [-0.3, -0.25) is 4.90 Å². The van der Waals surface area contributed by atoms with E-state index < -0.39 is 9.84 Å². The van der Waals surface area contributed by atoms with Crippen LogP contribution in [0.5, 0.6) is 0 Å². The molecular weight excluding hydrogens is 260 g/mol. The maximum atomic E-state index is 11.9. The van der Waals surface area contributed by atoms with Gasteiger partial charge in [0.15, 0.2) is 9.84 Å². The highest BCUT2D eigenvalue weighted by molar-refractivity contribution is 7.91. The van der Waals surface area contributed by atoms with Gasteiger partial charge in [0.1, 0.15) is 0 Å². The predicted octanol–water partition coefficient (Wildman–Crippen LogP) is 1.27. The van der Waals surface area contributed by atoms with E-state index in [9.17, 15) is 8.42 Å². The molecule has 0 spiro atoms. The van der Waals surface area contributed by atoms with Gasteiger partial charge in [-0.05, 0) is 45.1 Å². The van der Waals surface area contributed by atoms with Crippen molar-refractivity contribution < 1.29 is 8.42 Å². The molecule has 0 aromatic rings. The minimum Gasteiger partial charge on any atom is -0.312 e. The number of hydrogen-bond donors (Lipinski definition) is 1. The Morgan fingerprint density at radius 1 is 1.21 bits per heavy atom. The molecule has 1 saturated carbocycles. The van der Waals surface area contributed by atoms with Gasteiger partial charge in [-0.15, -0.1) is 0 Å². The van der Waals surface area contributed by atoms with E-state index in [1.807, 2.05) is 6.92 Å². The van der Waals surface area contributed by atoms with Crippen LogP contribution in [0.25, 0.3) is 0 Å². The van der Waals surface area contributed by atoms with E-state index in [0.29, 0.717) is 30.1 Å². The number of sulfone groups is 1. The zero-order valence-electron chi connectivity index (χ0n) is 12.3. The van der Waals surface area contributed by atoms with Crippen LogP contribution in [-0.4, -0.2) is 56.5 Å². The monoisotopic (exact) mass is 288 g/mol.